The summed E-state index contributed by atoms with van der Waals surface area (Å²) in [5.41, 5.74) is -0.0448. The van der Waals surface area contributed by atoms with Crippen LogP contribution in [0.15, 0.2) is 12.1 Å². The van der Waals surface area contributed by atoms with Gasteiger partial charge in [0.05, 0.1) is 21.3 Å². The van der Waals surface area contributed by atoms with Crippen molar-refractivity contribution >= 4 is 11.9 Å². The maximum Gasteiger partial charge on any atom is 0.360 e. The zero-order chi connectivity index (χ0) is 12.1. The molecule has 0 spiro atoms. The van der Waals surface area contributed by atoms with Gasteiger partial charge >= 0.3 is 11.9 Å². The van der Waals surface area contributed by atoms with Gasteiger partial charge in [-0.2, -0.15) is 0 Å². The average molecular weight is 225 g/mol. The van der Waals surface area contributed by atoms with Gasteiger partial charge in [0.1, 0.15) is 5.69 Å². The number of carbonyl (C=O) groups excluding carboxylic acids is 2. The van der Waals surface area contributed by atoms with E-state index in [0.29, 0.717) is 0 Å². The van der Waals surface area contributed by atoms with Gasteiger partial charge in [-0.3, -0.25) is 0 Å². The van der Waals surface area contributed by atoms with Gasteiger partial charge in [-0.15, -0.1) is 0 Å². The molecule has 0 amide bonds. The molecule has 0 saturated carbocycles. The highest BCUT2D eigenvalue weighted by Gasteiger charge is 2.18. The van der Waals surface area contributed by atoms with E-state index in [-0.39, 0.29) is 17.1 Å². The lowest BCUT2D eigenvalue weighted by Crippen LogP contribution is -2.12. The molecule has 1 rings (SSSR count). The minimum absolute atomic E-state index is 0.0173. The largest absolute Gasteiger partial charge is 0.494 e. The van der Waals surface area contributed by atoms with Crippen LogP contribution in [-0.4, -0.2) is 38.3 Å². The van der Waals surface area contributed by atoms with Gasteiger partial charge in [-0.25, -0.2) is 14.6 Å². The molecule has 0 aromatic carbocycles. The number of carbonyl (C=O) groups is 2. The zero-order valence-electron chi connectivity index (χ0n) is 9.14. The van der Waals surface area contributed by atoms with Crippen molar-refractivity contribution < 1.29 is 23.8 Å². The summed E-state index contributed by atoms with van der Waals surface area (Å²) in [6.45, 7) is 0. The second-order valence-electron chi connectivity index (χ2n) is 2.73. The van der Waals surface area contributed by atoms with Crippen LogP contribution in [0, 0.1) is 0 Å². The molecular formula is C10H11NO5. The van der Waals surface area contributed by atoms with Crippen LogP contribution in [0.5, 0.6) is 5.75 Å². The van der Waals surface area contributed by atoms with E-state index in [4.69, 9.17) is 4.74 Å². The number of hydrogen-bond acceptors (Lipinski definition) is 6. The summed E-state index contributed by atoms with van der Waals surface area (Å²) in [5.74, 6) is -1.07. The number of esters is 2. The Morgan fingerprint density at radius 2 is 1.69 bits per heavy atom. The Balaban J connectivity index is 3.21. The van der Waals surface area contributed by atoms with Gasteiger partial charge in [-0.1, -0.05) is 0 Å². The number of methoxy groups -OCH3 is 3. The summed E-state index contributed by atoms with van der Waals surface area (Å²) in [6.07, 6.45) is 0. The Kier molecular flexibility index (Phi) is 3.82. The highest BCUT2D eigenvalue weighted by atomic mass is 16.5. The summed E-state index contributed by atoms with van der Waals surface area (Å²) in [6, 6.07) is 2.85. The molecule has 1 aromatic heterocycles. The second-order valence-corrected chi connectivity index (χ2v) is 2.73. The van der Waals surface area contributed by atoms with Crippen molar-refractivity contribution in [3.05, 3.63) is 23.5 Å². The van der Waals surface area contributed by atoms with Crippen molar-refractivity contribution in [1.82, 2.24) is 4.98 Å². The molecule has 1 aromatic rings. The Bertz CT molecular complexity index is 416. The van der Waals surface area contributed by atoms with Crippen molar-refractivity contribution in [2.45, 2.75) is 0 Å². The molecule has 0 fully saturated rings. The van der Waals surface area contributed by atoms with Crippen LogP contribution in [0.3, 0.4) is 0 Å². The first kappa shape index (κ1) is 12.0. The Labute approximate surface area is 92.1 Å². The Hall–Kier alpha value is -2.11. The fraction of sp³-hybridized carbons (Fsp3) is 0.300. The number of ether oxygens (including phenoxy) is 3. The maximum absolute atomic E-state index is 11.3. The van der Waals surface area contributed by atoms with Gasteiger partial charge in [-0.05, 0) is 12.1 Å². The quantitative estimate of drug-likeness (QED) is 0.703. The van der Waals surface area contributed by atoms with Crippen molar-refractivity contribution in [3.63, 3.8) is 0 Å². The molecule has 16 heavy (non-hydrogen) atoms. The average Bonchev–Trinajstić information content (AvgIpc) is 2.35. The number of aromatic nitrogens is 1. The molecule has 0 aliphatic carbocycles. The van der Waals surface area contributed by atoms with Crippen LogP contribution < -0.4 is 4.74 Å². The van der Waals surface area contributed by atoms with E-state index < -0.39 is 11.9 Å². The standard InChI is InChI=1S/C10H11NO5/c1-14-7-5-4-6(9(12)15-2)11-8(7)10(13)16-3/h4-5H,1-3H3. The number of nitrogens with zero attached hydrogens (tertiary/aromatic N) is 1. The molecule has 0 aliphatic rings. The molecular weight excluding hydrogens is 214 g/mol. The number of pyridine rings is 1. The van der Waals surface area contributed by atoms with E-state index in [2.05, 4.69) is 14.5 Å². The molecule has 0 unspecified atom stereocenters. The molecule has 1 heterocycles. The summed E-state index contributed by atoms with van der Waals surface area (Å²) in [4.78, 5) is 26.3. The first-order valence-corrected chi connectivity index (χ1v) is 4.35. The Morgan fingerprint density at radius 1 is 1.06 bits per heavy atom. The lowest BCUT2D eigenvalue weighted by atomic mass is 10.2. The van der Waals surface area contributed by atoms with Gasteiger partial charge in [0.15, 0.2) is 11.4 Å². The van der Waals surface area contributed by atoms with E-state index in [0.717, 1.165) is 0 Å². The first-order chi connectivity index (χ1) is 7.63. The van der Waals surface area contributed by atoms with Crippen LogP contribution >= 0.6 is 0 Å². The summed E-state index contributed by atoms with van der Waals surface area (Å²) in [5, 5.41) is 0. The number of rotatable bonds is 3. The van der Waals surface area contributed by atoms with E-state index in [1.54, 1.807) is 0 Å². The third-order valence-corrected chi connectivity index (χ3v) is 1.85. The summed E-state index contributed by atoms with van der Waals surface area (Å²) in [7, 11) is 3.83. The molecule has 6 heteroatoms. The van der Waals surface area contributed by atoms with E-state index >= 15 is 0 Å². The predicted molar refractivity (Wildman–Crippen MR) is 53.5 cm³/mol. The predicted octanol–water partition coefficient (Wildman–Crippen LogP) is 0.663. The summed E-state index contributed by atoms with van der Waals surface area (Å²) >= 11 is 0. The van der Waals surface area contributed by atoms with Crippen molar-refractivity contribution in [2.75, 3.05) is 21.3 Å². The maximum atomic E-state index is 11.3. The van der Waals surface area contributed by atoms with Crippen LogP contribution in [-0.2, 0) is 9.47 Å². The van der Waals surface area contributed by atoms with Crippen molar-refractivity contribution in [3.8, 4) is 5.75 Å². The van der Waals surface area contributed by atoms with E-state index in [1.165, 1.54) is 33.5 Å². The normalized spacial score (nSPS) is 9.44. The topological polar surface area (TPSA) is 74.7 Å². The first-order valence-electron chi connectivity index (χ1n) is 4.35. The minimum Gasteiger partial charge on any atom is -0.494 e. The van der Waals surface area contributed by atoms with E-state index in [9.17, 15) is 9.59 Å². The molecule has 0 bridgehead atoms. The Morgan fingerprint density at radius 3 is 2.19 bits per heavy atom. The van der Waals surface area contributed by atoms with Crippen molar-refractivity contribution in [2.24, 2.45) is 0 Å². The lowest BCUT2D eigenvalue weighted by molar-refractivity contribution is 0.0583. The molecule has 0 radical (unpaired) electrons. The molecule has 0 saturated heterocycles. The smallest absolute Gasteiger partial charge is 0.360 e. The minimum atomic E-state index is -0.678. The van der Waals surface area contributed by atoms with Crippen LogP contribution in [0.4, 0.5) is 0 Å². The van der Waals surface area contributed by atoms with Gasteiger partial charge in [0.25, 0.3) is 0 Å². The third kappa shape index (κ3) is 2.28. The monoisotopic (exact) mass is 225 g/mol. The van der Waals surface area contributed by atoms with Crippen molar-refractivity contribution in [1.29, 1.82) is 0 Å². The van der Waals surface area contributed by atoms with Gasteiger partial charge < -0.3 is 14.2 Å². The molecule has 0 N–H and O–H groups in total. The third-order valence-electron chi connectivity index (χ3n) is 1.85. The van der Waals surface area contributed by atoms with Crippen LogP contribution in [0.1, 0.15) is 21.0 Å². The highest BCUT2D eigenvalue weighted by Crippen LogP contribution is 2.17. The molecule has 0 aliphatic heterocycles. The highest BCUT2D eigenvalue weighted by molar-refractivity contribution is 5.93. The molecule has 86 valence electrons. The summed E-state index contributed by atoms with van der Waals surface area (Å²) < 4.78 is 13.9. The molecule has 6 nitrogen and oxygen atoms in total. The van der Waals surface area contributed by atoms with Gasteiger partial charge in [0, 0.05) is 0 Å². The fourth-order valence-corrected chi connectivity index (χ4v) is 1.07. The fourth-order valence-electron chi connectivity index (χ4n) is 1.07. The lowest BCUT2D eigenvalue weighted by Gasteiger charge is -2.06. The van der Waals surface area contributed by atoms with Crippen LogP contribution in [0.25, 0.3) is 0 Å². The van der Waals surface area contributed by atoms with E-state index in [1.807, 2.05) is 0 Å². The SMILES string of the molecule is COC(=O)c1ccc(OC)c(C(=O)OC)n1. The van der Waals surface area contributed by atoms with Gasteiger partial charge in [0.2, 0.25) is 0 Å². The zero-order valence-corrected chi connectivity index (χ0v) is 9.14. The van der Waals surface area contributed by atoms with Crippen LogP contribution in [0.2, 0.25) is 0 Å². The molecule has 0 atom stereocenters. The second kappa shape index (κ2) is 5.11. The number of hydrogen-bond donors (Lipinski definition) is 0.